The van der Waals surface area contributed by atoms with Crippen molar-refractivity contribution in [1.82, 2.24) is 4.98 Å². The summed E-state index contributed by atoms with van der Waals surface area (Å²) in [5.74, 6) is 0.415. The van der Waals surface area contributed by atoms with Crippen molar-refractivity contribution in [1.29, 1.82) is 0 Å². The Morgan fingerprint density at radius 1 is 1.33 bits per heavy atom. The normalized spacial score (nSPS) is 16.3. The van der Waals surface area contributed by atoms with E-state index in [1.807, 2.05) is 19.9 Å². The summed E-state index contributed by atoms with van der Waals surface area (Å²) in [6.45, 7) is 4.00. The van der Waals surface area contributed by atoms with Gasteiger partial charge in [0.1, 0.15) is 5.82 Å². The van der Waals surface area contributed by atoms with Crippen molar-refractivity contribution in [2.45, 2.75) is 20.3 Å². The molecule has 1 fully saturated rings. The van der Waals surface area contributed by atoms with Gasteiger partial charge in [0.15, 0.2) is 5.78 Å². The average Bonchev–Trinajstić information content (AvgIpc) is 2.45. The smallest absolute Gasteiger partial charge is 0.236 e. The second-order valence-corrected chi connectivity index (χ2v) is 3.85. The quantitative estimate of drug-likeness (QED) is 0.641. The Morgan fingerprint density at radius 3 is 2.60 bits per heavy atom. The number of aryl methyl sites for hydroxylation is 2. The van der Waals surface area contributed by atoms with E-state index >= 15 is 0 Å². The minimum atomic E-state index is -0.153. The van der Waals surface area contributed by atoms with Gasteiger partial charge in [-0.15, -0.1) is 0 Å². The van der Waals surface area contributed by atoms with Crippen molar-refractivity contribution >= 4 is 17.5 Å². The van der Waals surface area contributed by atoms with Gasteiger partial charge in [0, 0.05) is 6.20 Å². The van der Waals surface area contributed by atoms with Crippen LogP contribution in [0, 0.1) is 13.8 Å². The fraction of sp³-hybridized carbons (Fsp3) is 0.364. The monoisotopic (exact) mass is 204 g/mol. The zero-order valence-corrected chi connectivity index (χ0v) is 8.78. The Morgan fingerprint density at radius 2 is 2.07 bits per heavy atom. The maximum atomic E-state index is 11.5. The first-order chi connectivity index (χ1) is 7.08. The van der Waals surface area contributed by atoms with Crippen LogP contribution >= 0.6 is 0 Å². The number of anilines is 1. The molecule has 0 bridgehead atoms. The molecule has 1 amide bonds. The lowest BCUT2D eigenvalue weighted by Crippen LogP contribution is -2.26. The van der Waals surface area contributed by atoms with Gasteiger partial charge >= 0.3 is 0 Å². The highest BCUT2D eigenvalue weighted by Gasteiger charge is 2.30. The summed E-state index contributed by atoms with van der Waals surface area (Å²) in [6.07, 6.45) is 1.72. The van der Waals surface area contributed by atoms with Crippen molar-refractivity contribution in [2.75, 3.05) is 11.4 Å². The Hall–Kier alpha value is -1.71. The Labute approximate surface area is 87.9 Å². The molecule has 0 unspecified atom stereocenters. The molecule has 1 aromatic rings. The van der Waals surface area contributed by atoms with E-state index in [1.54, 1.807) is 6.20 Å². The first-order valence-corrected chi connectivity index (χ1v) is 4.83. The molecule has 0 radical (unpaired) electrons. The fourth-order valence-electron chi connectivity index (χ4n) is 1.77. The SMILES string of the molecule is Cc1cnc(N2CC(=O)CC2=O)c(C)c1. The molecule has 4 heteroatoms. The second-order valence-electron chi connectivity index (χ2n) is 3.85. The predicted molar refractivity (Wildman–Crippen MR) is 55.7 cm³/mol. The van der Waals surface area contributed by atoms with Gasteiger partial charge in [0.2, 0.25) is 5.91 Å². The van der Waals surface area contributed by atoms with Gasteiger partial charge in [-0.25, -0.2) is 4.98 Å². The molecule has 1 aliphatic heterocycles. The summed E-state index contributed by atoms with van der Waals surface area (Å²) in [5.41, 5.74) is 1.98. The number of carbonyl (C=O) groups is 2. The minimum Gasteiger partial charge on any atom is -0.297 e. The summed E-state index contributed by atoms with van der Waals surface area (Å²) < 4.78 is 0. The standard InChI is InChI=1S/C11H12N2O2/c1-7-3-8(2)11(12-5-7)13-6-9(14)4-10(13)15/h3,5H,4,6H2,1-2H3. The number of nitrogens with zero attached hydrogens (tertiary/aromatic N) is 2. The summed E-state index contributed by atoms with van der Waals surface area (Å²) in [7, 11) is 0. The lowest BCUT2D eigenvalue weighted by Gasteiger charge is -2.15. The van der Waals surface area contributed by atoms with Crippen LogP contribution in [0.15, 0.2) is 12.3 Å². The van der Waals surface area contributed by atoms with E-state index in [0.717, 1.165) is 11.1 Å². The molecule has 0 aliphatic carbocycles. The number of rotatable bonds is 1. The third-order valence-electron chi connectivity index (χ3n) is 2.43. The van der Waals surface area contributed by atoms with Gasteiger partial charge < -0.3 is 0 Å². The molecule has 0 N–H and O–H groups in total. The van der Waals surface area contributed by atoms with Gasteiger partial charge in [-0.1, -0.05) is 6.07 Å². The molecule has 15 heavy (non-hydrogen) atoms. The third kappa shape index (κ3) is 1.75. The second kappa shape index (κ2) is 3.46. The number of aromatic nitrogens is 1. The van der Waals surface area contributed by atoms with E-state index in [9.17, 15) is 9.59 Å². The molecule has 1 saturated heterocycles. The maximum Gasteiger partial charge on any atom is 0.236 e. The summed E-state index contributed by atoms with van der Waals surface area (Å²) in [6, 6.07) is 1.96. The highest BCUT2D eigenvalue weighted by Crippen LogP contribution is 2.21. The van der Waals surface area contributed by atoms with E-state index in [0.29, 0.717) is 5.82 Å². The third-order valence-corrected chi connectivity index (χ3v) is 2.43. The van der Waals surface area contributed by atoms with Crippen LogP contribution in [0.3, 0.4) is 0 Å². The topological polar surface area (TPSA) is 50.3 Å². The van der Waals surface area contributed by atoms with Crippen molar-refractivity contribution in [3.8, 4) is 0 Å². The van der Waals surface area contributed by atoms with Gasteiger partial charge in [0.05, 0.1) is 13.0 Å². The van der Waals surface area contributed by atoms with Crippen LogP contribution in [0.5, 0.6) is 0 Å². The van der Waals surface area contributed by atoms with E-state index in [-0.39, 0.29) is 24.7 Å². The zero-order chi connectivity index (χ0) is 11.0. The molecule has 4 nitrogen and oxygen atoms in total. The molecule has 1 aromatic heterocycles. The number of hydrogen-bond donors (Lipinski definition) is 0. The maximum absolute atomic E-state index is 11.5. The molecular weight excluding hydrogens is 192 g/mol. The lowest BCUT2D eigenvalue weighted by molar-refractivity contribution is -0.121. The number of carbonyl (C=O) groups excluding carboxylic acids is 2. The molecule has 2 heterocycles. The number of amides is 1. The molecule has 78 valence electrons. The summed E-state index contributed by atoms with van der Waals surface area (Å²) in [4.78, 5) is 28.3. The van der Waals surface area contributed by atoms with Crippen molar-refractivity contribution in [3.05, 3.63) is 23.4 Å². The van der Waals surface area contributed by atoms with E-state index < -0.39 is 0 Å². The van der Waals surface area contributed by atoms with Crippen LogP contribution in [-0.2, 0) is 9.59 Å². The number of pyridine rings is 1. The summed E-state index contributed by atoms with van der Waals surface area (Å²) >= 11 is 0. The Bertz CT molecular complexity index is 440. The summed E-state index contributed by atoms with van der Waals surface area (Å²) in [5, 5.41) is 0. The number of Topliss-reactive ketones (excluding diaryl/α,β-unsaturated/α-hetero) is 1. The number of hydrogen-bond acceptors (Lipinski definition) is 3. The van der Waals surface area contributed by atoms with Crippen LogP contribution in [-0.4, -0.2) is 23.2 Å². The first kappa shape index (κ1) is 9.83. The van der Waals surface area contributed by atoms with Gasteiger partial charge in [-0.05, 0) is 25.0 Å². The molecular formula is C11H12N2O2. The lowest BCUT2D eigenvalue weighted by atomic mass is 10.2. The largest absolute Gasteiger partial charge is 0.297 e. The molecule has 0 atom stereocenters. The van der Waals surface area contributed by atoms with E-state index in [4.69, 9.17) is 0 Å². The van der Waals surface area contributed by atoms with Gasteiger partial charge in [0.25, 0.3) is 0 Å². The van der Waals surface area contributed by atoms with Crippen LogP contribution in [0.2, 0.25) is 0 Å². The molecule has 0 aromatic carbocycles. The van der Waals surface area contributed by atoms with Crippen LogP contribution < -0.4 is 4.90 Å². The van der Waals surface area contributed by atoms with E-state index in [2.05, 4.69) is 4.98 Å². The van der Waals surface area contributed by atoms with Crippen LogP contribution in [0.4, 0.5) is 5.82 Å². The van der Waals surface area contributed by atoms with Crippen LogP contribution in [0.1, 0.15) is 17.5 Å². The fourth-order valence-corrected chi connectivity index (χ4v) is 1.77. The van der Waals surface area contributed by atoms with Crippen molar-refractivity contribution in [3.63, 3.8) is 0 Å². The minimum absolute atomic E-state index is 0.00893. The van der Waals surface area contributed by atoms with Gasteiger partial charge in [-0.2, -0.15) is 0 Å². The average molecular weight is 204 g/mol. The first-order valence-electron chi connectivity index (χ1n) is 4.83. The molecule has 0 saturated carbocycles. The number of ketones is 1. The Kier molecular flexibility index (Phi) is 2.26. The molecule has 2 rings (SSSR count). The van der Waals surface area contributed by atoms with Crippen molar-refractivity contribution in [2.24, 2.45) is 0 Å². The zero-order valence-electron chi connectivity index (χ0n) is 8.78. The predicted octanol–water partition coefficient (Wildman–Crippen LogP) is 1.00. The van der Waals surface area contributed by atoms with Gasteiger partial charge in [-0.3, -0.25) is 14.5 Å². The van der Waals surface area contributed by atoms with Crippen LogP contribution in [0.25, 0.3) is 0 Å². The Balaban J connectivity index is 2.38. The highest BCUT2D eigenvalue weighted by atomic mass is 16.2. The highest BCUT2D eigenvalue weighted by molar-refractivity contribution is 6.14. The molecule has 1 aliphatic rings. The van der Waals surface area contributed by atoms with E-state index in [1.165, 1.54) is 4.90 Å². The van der Waals surface area contributed by atoms with Crippen molar-refractivity contribution < 1.29 is 9.59 Å². The molecule has 0 spiro atoms.